The molecule has 3 rings (SSSR count). The largest absolute Gasteiger partial charge is 0.378 e. The normalized spacial score (nSPS) is 17.0. The molecule has 2 aliphatic heterocycles. The third-order valence-corrected chi connectivity index (χ3v) is 5.67. The third-order valence-electron chi connectivity index (χ3n) is 4.77. The van der Waals surface area contributed by atoms with Gasteiger partial charge in [0.15, 0.2) is 0 Å². The van der Waals surface area contributed by atoms with Crippen molar-refractivity contribution in [2.45, 2.75) is 6.42 Å². The Hall–Kier alpha value is -2.26. The fourth-order valence-corrected chi connectivity index (χ4v) is 3.98. The van der Waals surface area contributed by atoms with Crippen molar-refractivity contribution in [2.75, 3.05) is 69.0 Å². The maximum absolute atomic E-state index is 12.2. The molecular weight excluding hydrogens is 380 g/mol. The number of anilines is 2. The summed E-state index contributed by atoms with van der Waals surface area (Å²) in [6.07, 6.45) is 0.227. The number of ether oxygens (including phenoxy) is 1. The highest BCUT2D eigenvalue weighted by molar-refractivity contribution is 8.13. The van der Waals surface area contributed by atoms with Crippen LogP contribution < -0.4 is 10.2 Å². The fraction of sp³-hybridized carbons (Fsp3) is 0.526. The number of morpholine rings is 1. The number of nitrogens with zero attached hydrogens (tertiary/aromatic N) is 3. The summed E-state index contributed by atoms with van der Waals surface area (Å²) in [6.45, 7) is 4.24. The van der Waals surface area contributed by atoms with E-state index in [0.717, 1.165) is 37.7 Å². The molecule has 1 aromatic rings. The molecule has 1 aromatic carbocycles. The van der Waals surface area contributed by atoms with Gasteiger partial charge in [0.05, 0.1) is 19.8 Å². The molecule has 0 radical (unpaired) electrons. The standard InChI is InChI=1S/C19H26N4O4S/c1-21(18(25)6-7-23-10-13-28-19(23)26)14-17(24)20-15-2-4-16(5-3-15)22-8-11-27-12-9-22/h2-5H,6-14H2,1H3,(H,20,24). The van der Waals surface area contributed by atoms with E-state index in [-0.39, 0.29) is 30.0 Å². The summed E-state index contributed by atoms with van der Waals surface area (Å²) in [5.41, 5.74) is 1.80. The number of likely N-dealkylation sites (N-methyl/N-ethyl adjacent to an activating group) is 1. The first-order valence-electron chi connectivity index (χ1n) is 9.41. The molecule has 2 aliphatic rings. The van der Waals surface area contributed by atoms with Crippen molar-refractivity contribution < 1.29 is 19.1 Å². The molecule has 0 aromatic heterocycles. The predicted molar refractivity (Wildman–Crippen MR) is 110 cm³/mol. The van der Waals surface area contributed by atoms with Crippen LogP contribution in [-0.2, 0) is 14.3 Å². The fourth-order valence-electron chi connectivity index (χ4n) is 3.13. The Balaban J connectivity index is 1.42. The Bertz CT molecular complexity index is 706. The minimum absolute atomic E-state index is 0.0211. The molecule has 3 amide bonds. The van der Waals surface area contributed by atoms with Crippen LogP contribution in [0.25, 0.3) is 0 Å². The summed E-state index contributed by atoms with van der Waals surface area (Å²) in [5.74, 6) is 0.376. The SMILES string of the molecule is CN(CC(=O)Nc1ccc(N2CCOCC2)cc1)C(=O)CCN1CCSC1=O. The van der Waals surface area contributed by atoms with Crippen LogP contribution in [0, 0.1) is 0 Å². The molecule has 28 heavy (non-hydrogen) atoms. The van der Waals surface area contributed by atoms with Gasteiger partial charge in [-0.25, -0.2) is 0 Å². The molecule has 0 aliphatic carbocycles. The van der Waals surface area contributed by atoms with Crippen LogP contribution in [0.15, 0.2) is 24.3 Å². The Morgan fingerprint density at radius 2 is 1.89 bits per heavy atom. The predicted octanol–water partition coefficient (Wildman–Crippen LogP) is 1.48. The Morgan fingerprint density at radius 1 is 1.18 bits per heavy atom. The monoisotopic (exact) mass is 406 g/mol. The van der Waals surface area contributed by atoms with Crippen LogP contribution in [0.1, 0.15) is 6.42 Å². The minimum Gasteiger partial charge on any atom is -0.378 e. The van der Waals surface area contributed by atoms with E-state index in [1.165, 1.54) is 16.7 Å². The first kappa shape index (κ1) is 20.5. The molecule has 9 heteroatoms. The molecule has 0 atom stereocenters. The molecule has 0 spiro atoms. The molecule has 0 saturated carbocycles. The highest BCUT2D eigenvalue weighted by Crippen LogP contribution is 2.19. The van der Waals surface area contributed by atoms with Gasteiger partial charge in [0.1, 0.15) is 0 Å². The zero-order chi connectivity index (χ0) is 19.9. The van der Waals surface area contributed by atoms with Gasteiger partial charge in [-0.2, -0.15) is 0 Å². The lowest BCUT2D eigenvalue weighted by atomic mass is 10.2. The first-order valence-corrected chi connectivity index (χ1v) is 10.4. The van der Waals surface area contributed by atoms with Crippen molar-refractivity contribution >= 4 is 40.2 Å². The average Bonchev–Trinajstić information content (AvgIpc) is 3.12. The van der Waals surface area contributed by atoms with Crippen LogP contribution in [0.5, 0.6) is 0 Å². The summed E-state index contributed by atoms with van der Waals surface area (Å²) in [4.78, 5) is 41.3. The van der Waals surface area contributed by atoms with Crippen LogP contribution in [-0.4, -0.2) is 85.6 Å². The van der Waals surface area contributed by atoms with Crippen molar-refractivity contribution in [3.63, 3.8) is 0 Å². The van der Waals surface area contributed by atoms with Crippen molar-refractivity contribution in [2.24, 2.45) is 0 Å². The number of carbonyl (C=O) groups is 3. The van der Waals surface area contributed by atoms with Gasteiger partial charge in [0.25, 0.3) is 5.24 Å². The van der Waals surface area contributed by atoms with E-state index in [1.54, 1.807) is 11.9 Å². The maximum Gasteiger partial charge on any atom is 0.281 e. The maximum atomic E-state index is 12.2. The van der Waals surface area contributed by atoms with Gasteiger partial charge >= 0.3 is 0 Å². The van der Waals surface area contributed by atoms with Gasteiger partial charge < -0.3 is 24.8 Å². The van der Waals surface area contributed by atoms with E-state index in [9.17, 15) is 14.4 Å². The number of carbonyl (C=O) groups excluding carboxylic acids is 3. The van der Waals surface area contributed by atoms with Gasteiger partial charge in [-0.3, -0.25) is 14.4 Å². The van der Waals surface area contributed by atoms with Gasteiger partial charge in [-0.1, -0.05) is 11.8 Å². The number of benzene rings is 1. The topological polar surface area (TPSA) is 82.2 Å². The van der Waals surface area contributed by atoms with Crippen LogP contribution >= 0.6 is 11.8 Å². The second-order valence-electron chi connectivity index (χ2n) is 6.80. The van der Waals surface area contributed by atoms with E-state index in [0.29, 0.717) is 18.8 Å². The Morgan fingerprint density at radius 3 is 2.54 bits per heavy atom. The summed E-state index contributed by atoms with van der Waals surface area (Å²) < 4.78 is 5.35. The third kappa shape index (κ3) is 5.62. The van der Waals surface area contributed by atoms with Crippen LogP contribution in [0.3, 0.4) is 0 Å². The smallest absolute Gasteiger partial charge is 0.281 e. The molecule has 2 heterocycles. The number of rotatable bonds is 7. The molecule has 0 unspecified atom stereocenters. The summed E-state index contributed by atoms with van der Waals surface area (Å²) in [7, 11) is 1.60. The summed E-state index contributed by atoms with van der Waals surface area (Å²) >= 11 is 1.28. The molecule has 2 fully saturated rings. The number of hydrogen-bond donors (Lipinski definition) is 1. The molecule has 2 saturated heterocycles. The number of amides is 3. The second-order valence-corrected chi connectivity index (χ2v) is 7.84. The van der Waals surface area contributed by atoms with Gasteiger partial charge in [0, 0.05) is 56.8 Å². The Kier molecular flexibility index (Phi) is 7.16. The van der Waals surface area contributed by atoms with Crippen molar-refractivity contribution in [1.29, 1.82) is 0 Å². The number of nitrogens with one attached hydrogen (secondary N) is 1. The van der Waals surface area contributed by atoms with E-state index >= 15 is 0 Å². The van der Waals surface area contributed by atoms with E-state index in [2.05, 4.69) is 10.2 Å². The van der Waals surface area contributed by atoms with Gasteiger partial charge in [0.2, 0.25) is 11.8 Å². The van der Waals surface area contributed by atoms with E-state index < -0.39 is 0 Å². The Labute approximate surface area is 169 Å². The zero-order valence-corrected chi connectivity index (χ0v) is 16.9. The number of hydrogen-bond acceptors (Lipinski definition) is 6. The lowest BCUT2D eigenvalue weighted by Gasteiger charge is -2.28. The lowest BCUT2D eigenvalue weighted by Crippen LogP contribution is -2.37. The van der Waals surface area contributed by atoms with Gasteiger partial charge in [-0.05, 0) is 24.3 Å². The molecule has 152 valence electrons. The lowest BCUT2D eigenvalue weighted by molar-refractivity contribution is -0.133. The van der Waals surface area contributed by atoms with E-state index in [1.807, 2.05) is 24.3 Å². The summed E-state index contributed by atoms with van der Waals surface area (Å²) in [6, 6.07) is 7.67. The molecular formula is C19H26N4O4S. The minimum atomic E-state index is -0.247. The quantitative estimate of drug-likeness (QED) is 0.739. The summed E-state index contributed by atoms with van der Waals surface area (Å²) in [5, 5.41) is 2.84. The van der Waals surface area contributed by atoms with Crippen molar-refractivity contribution in [1.82, 2.24) is 9.80 Å². The van der Waals surface area contributed by atoms with Crippen LogP contribution in [0.2, 0.25) is 0 Å². The molecule has 1 N–H and O–H groups in total. The second kappa shape index (κ2) is 9.79. The van der Waals surface area contributed by atoms with Crippen molar-refractivity contribution in [3.8, 4) is 0 Å². The zero-order valence-electron chi connectivity index (χ0n) is 16.1. The molecule has 0 bridgehead atoms. The number of thioether (sulfide) groups is 1. The van der Waals surface area contributed by atoms with Gasteiger partial charge in [-0.15, -0.1) is 0 Å². The van der Waals surface area contributed by atoms with Crippen LogP contribution in [0.4, 0.5) is 16.2 Å². The highest BCUT2D eigenvalue weighted by Gasteiger charge is 2.22. The highest BCUT2D eigenvalue weighted by atomic mass is 32.2. The van der Waals surface area contributed by atoms with E-state index in [4.69, 9.17) is 4.74 Å². The molecule has 8 nitrogen and oxygen atoms in total. The average molecular weight is 407 g/mol. The first-order chi connectivity index (χ1) is 13.5. The van der Waals surface area contributed by atoms with Crippen molar-refractivity contribution in [3.05, 3.63) is 24.3 Å².